The molecule has 0 spiro atoms. The molecule has 1 aliphatic rings. The predicted octanol–water partition coefficient (Wildman–Crippen LogP) is 6.23. The van der Waals surface area contributed by atoms with Crippen LogP contribution in [0.1, 0.15) is 63.8 Å². The van der Waals surface area contributed by atoms with E-state index < -0.39 is 28.0 Å². The van der Waals surface area contributed by atoms with Crippen LogP contribution in [0.3, 0.4) is 0 Å². The highest BCUT2D eigenvalue weighted by Crippen LogP contribution is 2.35. The van der Waals surface area contributed by atoms with Crippen LogP contribution in [0.15, 0.2) is 89.8 Å². The summed E-state index contributed by atoms with van der Waals surface area (Å²) in [5, 5.41) is 4.66. The molecule has 10 nitrogen and oxygen atoms in total. The first kappa shape index (κ1) is 39.6. The molecule has 1 heterocycles. The fraction of sp³-hybridized carbons (Fsp3) is 0.385. The Kier molecular flexibility index (Phi) is 13.9. The lowest BCUT2D eigenvalue weighted by atomic mass is 10.0. The molecule has 4 aromatic carbocycles. The Balaban J connectivity index is 0.00000583. The van der Waals surface area contributed by atoms with Gasteiger partial charge in [0.1, 0.15) is 6.04 Å². The molecule has 0 saturated carbocycles. The fourth-order valence-corrected chi connectivity index (χ4v) is 7.54. The van der Waals surface area contributed by atoms with Crippen LogP contribution in [0, 0.1) is 0 Å². The minimum absolute atomic E-state index is 0. The fourth-order valence-electron chi connectivity index (χ4n) is 6.28. The van der Waals surface area contributed by atoms with Crippen molar-refractivity contribution in [3.05, 3.63) is 102 Å². The maximum atomic E-state index is 13.9. The first-order valence-electron chi connectivity index (χ1n) is 17.3. The minimum Gasteiger partial charge on any atom is -0.454 e. The molecule has 0 bridgehead atoms. The zero-order valence-corrected chi connectivity index (χ0v) is 31.6. The van der Waals surface area contributed by atoms with Gasteiger partial charge >= 0.3 is 0 Å². The van der Waals surface area contributed by atoms with Gasteiger partial charge in [-0.1, -0.05) is 74.5 Å². The smallest absolute Gasteiger partial charge is 0.245 e. The molecule has 12 heteroatoms. The lowest BCUT2D eigenvalue weighted by Gasteiger charge is -2.30. The first-order valence-corrected chi connectivity index (χ1v) is 18.8. The normalized spacial score (nSPS) is 13.5. The van der Waals surface area contributed by atoms with Gasteiger partial charge in [-0.15, -0.1) is 12.4 Å². The molecule has 0 fully saturated rings. The van der Waals surface area contributed by atoms with E-state index in [0.717, 1.165) is 36.0 Å². The molecular weight excluding hydrogens is 688 g/mol. The third-order valence-electron chi connectivity index (χ3n) is 9.16. The van der Waals surface area contributed by atoms with Crippen molar-refractivity contribution in [2.75, 3.05) is 26.4 Å². The van der Waals surface area contributed by atoms with E-state index in [0.29, 0.717) is 23.6 Å². The highest BCUT2D eigenvalue weighted by atomic mass is 35.5. The van der Waals surface area contributed by atoms with Crippen molar-refractivity contribution in [2.45, 2.75) is 77.0 Å². The maximum absolute atomic E-state index is 13.9. The molecule has 2 amide bonds. The summed E-state index contributed by atoms with van der Waals surface area (Å²) in [4.78, 5) is 32.0. The molecule has 2 N–H and O–H groups in total. The van der Waals surface area contributed by atoms with Gasteiger partial charge in [-0.3, -0.25) is 14.5 Å². The van der Waals surface area contributed by atoms with Crippen LogP contribution >= 0.6 is 12.4 Å². The van der Waals surface area contributed by atoms with E-state index >= 15 is 0 Å². The topological polar surface area (TPSA) is 117 Å². The van der Waals surface area contributed by atoms with E-state index in [1.807, 2.05) is 57.2 Å². The van der Waals surface area contributed by atoms with Crippen LogP contribution in [-0.4, -0.2) is 68.5 Å². The van der Waals surface area contributed by atoms with Crippen molar-refractivity contribution < 1.29 is 27.5 Å². The van der Waals surface area contributed by atoms with Crippen molar-refractivity contribution in [3.8, 4) is 11.5 Å². The Labute approximate surface area is 308 Å². The molecule has 0 radical (unpaired) electrons. The van der Waals surface area contributed by atoms with E-state index in [1.165, 1.54) is 5.56 Å². The molecule has 1 aliphatic heterocycles. The number of rotatable bonds is 16. The summed E-state index contributed by atoms with van der Waals surface area (Å²) in [5.74, 6) is 0.340. The van der Waals surface area contributed by atoms with Gasteiger partial charge in [0, 0.05) is 32.0 Å². The van der Waals surface area contributed by atoms with Gasteiger partial charge in [0.25, 0.3) is 0 Å². The van der Waals surface area contributed by atoms with E-state index in [2.05, 4.69) is 40.9 Å². The number of benzene rings is 4. The number of amides is 2. The van der Waals surface area contributed by atoms with E-state index in [4.69, 9.17) is 9.47 Å². The molecule has 0 aliphatic carbocycles. The van der Waals surface area contributed by atoms with Gasteiger partial charge < -0.3 is 19.7 Å². The molecular formula is C39H49ClN4O6S. The molecule has 274 valence electrons. The molecule has 2 unspecified atom stereocenters. The van der Waals surface area contributed by atoms with Crippen LogP contribution in [-0.2, 0) is 32.6 Å². The number of sulfonamides is 1. The van der Waals surface area contributed by atoms with Gasteiger partial charge in [-0.2, -0.15) is 0 Å². The number of fused-ring (bicyclic) bond motifs is 2. The highest BCUT2D eigenvalue weighted by Gasteiger charge is 2.30. The summed E-state index contributed by atoms with van der Waals surface area (Å²) >= 11 is 0. The zero-order chi connectivity index (χ0) is 35.8. The standard InChI is InChI=1S/C39H48N4O6S.ClH/c1-6-42(7-2)25-29-15-13-28(14-16-29)21-35(39(45)43(8-3)27(4)5)40-38(44)24-34(32-18-20-36-37(23-32)49-26-48-36)41-50(46,47)33-19-17-30-11-9-10-12-31(30)22-33;/h9-20,22-23,27,34-35,41H,6-8,21,24-26H2,1-5H3,(H,40,44);1H. The van der Waals surface area contributed by atoms with Crippen LogP contribution in [0.5, 0.6) is 11.5 Å². The molecule has 4 aromatic rings. The van der Waals surface area contributed by atoms with Gasteiger partial charge in [0.15, 0.2) is 11.5 Å². The van der Waals surface area contributed by atoms with Crippen molar-refractivity contribution in [1.82, 2.24) is 19.8 Å². The second kappa shape index (κ2) is 17.9. The number of carbonyl (C=O) groups is 2. The molecule has 0 saturated heterocycles. The SMILES string of the molecule is CCN(CC)Cc1ccc(CC(NC(=O)CC(NS(=O)(=O)c2ccc3ccccc3c2)c2ccc3c(c2)OCO3)C(=O)N(CC)C(C)C)cc1.Cl. The summed E-state index contributed by atoms with van der Waals surface area (Å²) < 4.78 is 41.4. The lowest BCUT2D eigenvalue weighted by molar-refractivity contribution is -0.137. The van der Waals surface area contributed by atoms with Crippen molar-refractivity contribution in [2.24, 2.45) is 0 Å². The lowest BCUT2D eigenvalue weighted by Crippen LogP contribution is -2.52. The van der Waals surface area contributed by atoms with Crippen LogP contribution in [0.2, 0.25) is 0 Å². The number of hydrogen-bond acceptors (Lipinski definition) is 7. The van der Waals surface area contributed by atoms with Gasteiger partial charge in [0.05, 0.1) is 10.9 Å². The monoisotopic (exact) mass is 736 g/mol. The maximum Gasteiger partial charge on any atom is 0.245 e. The quantitative estimate of drug-likeness (QED) is 0.140. The number of likely N-dealkylation sites (N-methyl/N-ethyl adjacent to an activating group) is 1. The third-order valence-corrected chi connectivity index (χ3v) is 10.6. The Bertz CT molecular complexity index is 1900. The Morgan fingerprint density at radius 1 is 0.804 bits per heavy atom. The summed E-state index contributed by atoms with van der Waals surface area (Å²) in [6, 6.07) is 23.8. The van der Waals surface area contributed by atoms with Crippen LogP contribution in [0.4, 0.5) is 0 Å². The van der Waals surface area contributed by atoms with Crippen LogP contribution in [0.25, 0.3) is 10.8 Å². The Morgan fingerprint density at radius 3 is 2.14 bits per heavy atom. The Morgan fingerprint density at radius 2 is 1.47 bits per heavy atom. The molecule has 5 rings (SSSR count). The summed E-state index contributed by atoms with van der Waals surface area (Å²) in [6.45, 7) is 13.3. The summed E-state index contributed by atoms with van der Waals surface area (Å²) in [6.07, 6.45) is 0.0314. The molecule has 51 heavy (non-hydrogen) atoms. The summed E-state index contributed by atoms with van der Waals surface area (Å²) in [5.41, 5.74) is 2.61. The van der Waals surface area contributed by atoms with Crippen molar-refractivity contribution >= 4 is 45.0 Å². The van der Waals surface area contributed by atoms with Gasteiger partial charge in [-0.25, -0.2) is 13.1 Å². The number of nitrogens with one attached hydrogen (secondary N) is 2. The average Bonchev–Trinajstić information content (AvgIpc) is 3.59. The predicted molar refractivity (Wildman–Crippen MR) is 203 cm³/mol. The van der Waals surface area contributed by atoms with E-state index in [9.17, 15) is 18.0 Å². The summed E-state index contributed by atoms with van der Waals surface area (Å²) in [7, 11) is -4.08. The number of halogens is 1. The number of ether oxygens (including phenoxy) is 2. The second-order valence-corrected chi connectivity index (χ2v) is 14.5. The number of nitrogens with zero attached hydrogens (tertiary/aromatic N) is 2. The molecule has 2 atom stereocenters. The van der Waals surface area contributed by atoms with Crippen molar-refractivity contribution in [1.29, 1.82) is 0 Å². The number of hydrogen-bond donors (Lipinski definition) is 2. The highest BCUT2D eigenvalue weighted by molar-refractivity contribution is 7.89. The minimum atomic E-state index is -4.08. The largest absolute Gasteiger partial charge is 0.454 e. The number of carbonyl (C=O) groups excluding carboxylic acids is 2. The van der Waals surface area contributed by atoms with Gasteiger partial charge in [0.2, 0.25) is 28.6 Å². The third kappa shape index (κ3) is 10.0. The van der Waals surface area contributed by atoms with Crippen molar-refractivity contribution in [3.63, 3.8) is 0 Å². The van der Waals surface area contributed by atoms with Crippen LogP contribution < -0.4 is 19.5 Å². The van der Waals surface area contributed by atoms with E-state index in [1.54, 1.807) is 41.3 Å². The Hall–Kier alpha value is -4.16. The van der Waals surface area contributed by atoms with E-state index in [-0.39, 0.29) is 48.9 Å². The molecule has 0 aromatic heterocycles. The second-order valence-electron chi connectivity index (χ2n) is 12.8. The average molecular weight is 737 g/mol. The first-order chi connectivity index (χ1) is 24.0. The zero-order valence-electron chi connectivity index (χ0n) is 29.9. The van der Waals surface area contributed by atoms with Gasteiger partial charge in [-0.05, 0) is 85.6 Å².